The maximum Gasteiger partial charge on any atom is 0.264 e. The average Bonchev–Trinajstić information content (AvgIpc) is 3.02. The summed E-state index contributed by atoms with van der Waals surface area (Å²) in [5, 5.41) is 3.35. The van der Waals surface area contributed by atoms with Crippen LogP contribution in [0, 0.1) is 19.8 Å². The van der Waals surface area contributed by atoms with E-state index in [4.69, 9.17) is 11.6 Å². The van der Waals surface area contributed by atoms with E-state index >= 15 is 0 Å². The first-order chi connectivity index (χ1) is 21.5. The number of amides is 2. The molecule has 0 aromatic heterocycles. The molecule has 0 aliphatic rings. The monoisotopic (exact) mass is 645 g/mol. The third kappa shape index (κ3) is 8.96. The second-order valence-electron chi connectivity index (χ2n) is 11.6. The van der Waals surface area contributed by atoms with Gasteiger partial charge in [0.05, 0.1) is 10.6 Å². The van der Waals surface area contributed by atoms with Crippen LogP contribution in [0.4, 0.5) is 5.69 Å². The fraction of sp³-hybridized carbons (Fsp3) is 0.278. The van der Waals surface area contributed by atoms with Gasteiger partial charge >= 0.3 is 0 Å². The van der Waals surface area contributed by atoms with Crippen molar-refractivity contribution < 1.29 is 18.0 Å². The van der Waals surface area contributed by atoms with Crippen LogP contribution in [0.5, 0.6) is 0 Å². The number of anilines is 1. The zero-order chi connectivity index (χ0) is 32.6. The largest absolute Gasteiger partial charge is 0.354 e. The molecule has 1 N–H and O–H groups in total. The molecule has 0 fully saturated rings. The third-order valence-electron chi connectivity index (χ3n) is 7.44. The summed E-state index contributed by atoms with van der Waals surface area (Å²) in [5.74, 6) is -0.620. The first-order valence-corrected chi connectivity index (χ1v) is 16.8. The molecule has 4 rings (SSSR count). The van der Waals surface area contributed by atoms with Crippen LogP contribution in [0.2, 0.25) is 5.02 Å². The number of carbonyl (C=O) groups is 2. The molecular weight excluding hydrogens is 606 g/mol. The minimum atomic E-state index is -4.20. The number of hydrogen-bond acceptors (Lipinski definition) is 4. The lowest BCUT2D eigenvalue weighted by Gasteiger charge is -2.34. The predicted molar refractivity (Wildman–Crippen MR) is 181 cm³/mol. The minimum absolute atomic E-state index is 0.0397. The Bertz CT molecular complexity index is 1710. The summed E-state index contributed by atoms with van der Waals surface area (Å²) in [6.07, 6.45) is 0.254. The van der Waals surface area contributed by atoms with Gasteiger partial charge in [-0.3, -0.25) is 13.9 Å². The molecule has 45 heavy (non-hydrogen) atoms. The van der Waals surface area contributed by atoms with Crippen molar-refractivity contribution in [3.8, 4) is 0 Å². The zero-order valence-corrected chi connectivity index (χ0v) is 27.7. The molecule has 0 spiro atoms. The summed E-state index contributed by atoms with van der Waals surface area (Å²) in [6, 6.07) is 29.3. The number of nitrogens with zero attached hydrogens (tertiary/aromatic N) is 2. The molecule has 0 radical (unpaired) electrons. The Hall–Kier alpha value is -4.14. The molecule has 1 atom stereocenters. The van der Waals surface area contributed by atoms with Crippen LogP contribution >= 0.6 is 11.6 Å². The number of sulfonamides is 1. The van der Waals surface area contributed by atoms with E-state index in [9.17, 15) is 18.0 Å². The van der Waals surface area contributed by atoms with Gasteiger partial charge < -0.3 is 10.2 Å². The zero-order valence-electron chi connectivity index (χ0n) is 26.1. The number of carbonyl (C=O) groups excluding carboxylic acids is 2. The number of hydrogen-bond donors (Lipinski definition) is 1. The van der Waals surface area contributed by atoms with Crippen LogP contribution in [-0.4, -0.2) is 44.3 Å². The van der Waals surface area contributed by atoms with Gasteiger partial charge in [0, 0.05) is 24.5 Å². The lowest BCUT2D eigenvalue weighted by molar-refractivity contribution is -0.140. The number of halogens is 1. The second kappa shape index (κ2) is 15.2. The molecule has 2 amide bonds. The molecule has 4 aromatic carbocycles. The van der Waals surface area contributed by atoms with Gasteiger partial charge in [0.15, 0.2) is 0 Å². The van der Waals surface area contributed by atoms with E-state index in [2.05, 4.69) is 5.32 Å². The molecule has 0 saturated heterocycles. The van der Waals surface area contributed by atoms with Crippen LogP contribution in [-0.2, 0) is 32.6 Å². The fourth-order valence-corrected chi connectivity index (χ4v) is 6.73. The molecular formula is C36H40ClN3O4S. The molecule has 7 nitrogen and oxygen atoms in total. The van der Waals surface area contributed by atoms with Crippen molar-refractivity contribution in [2.45, 2.75) is 51.6 Å². The van der Waals surface area contributed by atoms with Gasteiger partial charge in [-0.25, -0.2) is 8.42 Å². The maximum atomic E-state index is 14.6. The summed E-state index contributed by atoms with van der Waals surface area (Å²) in [4.78, 5) is 30.0. The highest BCUT2D eigenvalue weighted by Gasteiger charge is 2.35. The van der Waals surface area contributed by atoms with E-state index in [-0.39, 0.29) is 29.7 Å². The van der Waals surface area contributed by atoms with E-state index in [1.807, 2.05) is 75.4 Å². The summed E-state index contributed by atoms with van der Waals surface area (Å²) < 4.78 is 29.4. The normalized spacial score (nSPS) is 12.0. The van der Waals surface area contributed by atoms with E-state index in [1.165, 1.54) is 17.0 Å². The summed E-state index contributed by atoms with van der Waals surface area (Å²) >= 11 is 6.35. The highest BCUT2D eigenvalue weighted by atomic mass is 35.5. The predicted octanol–water partition coefficient (Wildman–Crippen LogP) is 6.56. The topological polar surface area (TPSA) is 86.8 Å². The Morgan fingerprint density at radius 3 is 2.11 bits per heavy atom. The highest BCUT2D eigenvalue weighted by molar-refractivity contribution is 7.92. The minimum Gasteiger partial charge on any atom is -0.354 e. The maximum absolute atomic E-state index is 14.6. The number of aryl methyl sites for hydroxylation is 2. The Kier molecular flexibility index (Phi) is 11.4. The third-order valence-corrected chi connectivity index (χ3v) is 9.45. The smallest absolute Gasteiger partial charge is 0.264 e. The van der Waals surface area contributed by atoms with Crippen LogP contribution in [0.1, 0.15) is 36.1 Å². The molecule has 0 bridgehead atoms. The van der Waals surface area contributed by atoms with Crippen molar-refractivity contribution in [1.82, 2.24) is 10.2 Å². The van der Waals surface area contributed by atoms with Crippen LogP contribution in [0.15, 0.2) is 108 Å². The lowest BCUT2D eigenvalue weighted by atomic mass is 10.0. The van der Waals surface area contributed by atoms with Gasteiger partial charge in [-0.1, -0.05) is 110 Å². The van der Waals surface area contributed by atoms with Crippen molar-refractivity contribution in [2.75, 3.05) is 17.4 Å². The molecule has 9 heteroatoms. The molecule has 4 aromatic rings. The SMILES string of the molecule is Cc1cccc(CN(C(=O)CN(c2cc(Cl)ccc2C)S(=O)(=O)c2ccccc2)[C@@H](Cc2ccccc2)C(=O)NCC(C)C)c1. The van der Waals surface area contributed by atoms with Crippen molar-refractivity contribution in [3.63, 3.8) is 0 Å². The average molecular weight is 646 g/mol. The first kappa shape index (κ1) is 33.7. The molecule has 236 valence electrons. The number of benzene rings is 4. The standard InChI is InChI=1S/C36H40ClN3O4S/c1-26(2)23-38-36(42)34(21-29-13-7-5-8-14-29)39(24-30-15-11-12-27(3)20-30)35(41)25-40(33-22-31(37)19-18-28(33)4)45(43,44)32-16-9-6-10-17-32/h5-20,22,26,34H,21,23-25H2,1-4H3,(H,38,42)/t34-/m0/s1. The first-order valence-electron chi connectivity index (χ1n) is 15.0. The summed E-state index contributed by atoms with van der Waals surface area (Å²) in [6.45, 7) is 7.75. The van der Waals surface area contributed by atoms with Gasteiger partial charge in [0.2, 0.25) is 11.8 Å². The summed E-state index contributed by atoms with van der Waals surface area (Å²) in [7, 11) is -4.20. The quantitative estimate of drug-likeness (QED) is 0.178. The molecule has 0 saturated carbocycles. The summed E-state index contributed by atoms with van der Waals surface area (Å²) in [5.41, 5.74) is 3.64. The molecule has 0 heterocycles. The van der Waals surface area contributed by atoms with Crippen molar-refractivity contribution in [1.29, 1.82) is 0 Å². The Labute approximate surface area is 271 Å². The van der Waals surface area contributed by atoms with Gasteiger partial charge in [-0.2, -0.15) is 0 Å². The second-order valence-corrected chi connectivity index (χ2v) is 13.9. The van der Waals surface area contributed by atoms with Crippen LogP contribution in [0.3, 0.4) is 0 Å². The Morgan fingerprint density at radius 1 is 0.822 bits per heavy atom. The van der Waals surface area contributed by atoms with Crippen molar-refractivity contribution in [3.05, 3.63) is 130 Å². The van der Waals surface area contributed by atoms with Crippen molar-refractivity contribution >= 4 is 39.1 Å². The van der Waals surface area contributed by atoms with Crippen molar-refractivity contribution in [2.24, 2.45) is 5.92 Å². The van der Waals surface area contributed by atoms with Gasteiger partial charge in [0.1, 0.15) is 12.6 Å². The molecule has 0 aliphatic heterocycles. The lowest BCUT2D eigenvalue weighted by Crippen LogP contribution is -2.53. The Morgan fingerprint density at radius 2 is 1.47 bits per heavy atom. The van der Waals surface area contributed by atoms with E-state index in [0.29, 0.717) is 22.8 Å². The molecule has 0 unspecified atom stereocenters. The highest BCUT2D eigenvalue weighted by Crippen LogP contribution is 2.30. The number of nitrogens with one attached hydrogen (secondary N) is 1. The fourth-order valence-electron chi connectivity index (χ4n) is 5.07. The number of rotatable bonds is 13. The van der Waals surface area contributed by atoms with Gasteiger partial charge in [-0.15, -0.1) is 0 Å². The van der Waals surface area contributed by atoms with Gasteiger partial charge in [0.25, 0.3) is 10.0 Å². The van der Waals surface area contributed by atoms with Crippen LogP contribution < -0.4 is 9.62 Å². The Balaban J connectivity index is 1.82. The van der Waals surface area contributed by atoms with Crippen LogP contribution in [0.25, 0.3) is 0 Å². The van der Waals surface area contributed by atoms with Gasteiger partial charge in [-0.05, 0) is 60.7 Å². The van der Waals surface area contributed by atoms with E-state index < -0.39 is 28.5 Å². The van der Waals surface area contributed by atoms with E-state index in [1.54, 1.807) is 43.3 Å². The van der Waals surface area contributed by atoms with E-state index in [0.717, 1.165) is 21.0 Å². The molecule has 0 aliphatic carbocycles.